The van der Waals surface area contributed by atoms with Crippen LogP contribution in [0.5, 0.6) is 0 Å². The summed E-state index contributed by atoms with van der Waals surface area (Å²) in [5, 5.41) is 8.51. The Bertz CT molecular complexity index is 458. The highest BCUT2D eigenvalue weighted by molar-refractivity contribution is 5.75. The Morgan fingerprint density at radius 2 is 1.64 bits per heavy atom. The lowest BCUT2D eigenvalue weighted by Crippen LogP contribution is -1.98. The molecule has 0 amide bonds. The molecule has 0 aliphatic rings. The second-order valence-corrected chi connectivity index (χ2v) is 4.09. The summed E-state index contributed by atoms with van der Waals surface area (Å²) >= 11 is 0. The number of hydrogen-bond donors (Lipinski definition) is 2. The molecule has 0 spiro atoms. The first-order valence-corrected chi connectivity index (χ1v) is 8.32. The predicted octanol–water partition coefficient (Wildman–Crippen LogP) is 5.44. The Hall–Kier alpha value is -1.84. The van der Waals surface area contributed by atoms with Crippen LogP contribution in [-0.2, 0) is 11.2 Å². The average molecular weight is 308 g/mol. The van der Waals surface area contributed by atoms with Crippen molar-refractivity contribution in [2.75, 3.05) is 0 Å². The van der Waals surface area contributed by atoms with E-state index < -0.39 is 5.97 Å². The van der Waals surface area contributed by atoms with Crippen LogP contribution in [0.25, 0.3) is 11.0 Å². The summed E-state index contributed by atoms with van der Waals surface area (Å²) in [7, 11) is 0. The number of aryl methyl sites for hydroxylation is 1. The number of aromatic amines is 1. The Kier molecular flexibility index (Phi) is 15.9. The van der Waals surface area contributed by atoms with Crippen LogP contribution < -0.4 is 0 Å². The van der Waals surface area contributed by atoms with Crippen molar-refractivity contribution < 1.29 is 9.90 Å². The van der Waals surface area contributed by atoms with Crippen LogP contribution in [0.1, 0.15) is 66.6 Å². The molecule has 126 valence electrons. The zero-order valence-electron chi connectivity index (χ0n) is 14.9. The number of aliphatic carboxylic acids is 1. The first-order chi connectivity index (χ1) is 10.7. The number of para-hydroxylation sites is 2. The number of benzene rings is 1. The number of carboxylic acid groups (broad SMARTS) is 1. The van der Waals surface area contributed by atoms with E-state index in [4.69, 9.17) is 5.11 Å². The quantitative estimate of drug-likeness (QED) is 0.790. The van der Waals surface area contributed by atoms with Crippen LogP contribution in [0, 0.1) is 0 Å². The molecule has 22 heavy (non-hydrogen) atoms. The maximum absolute atomic E-state index is 10.3. The van der Waals surface area contributed by atoms with E-state index in [1.165, 1.54) is 12.8 Å². The zero-order valence-corrected chi connectivity index (χ0v) is 14.9. The fraction of sp³-hybridized carbons (Fsp3) is 0.556. The second kappa shape index (κ2) is 15.5. The molecule has 1 aromatic carbocycles. The van der Waals surface area contributed by atoms with E-state index in [2.05, 4.69) is 23.8 Å². The highest BCUT2D eigenvalue weighted by Crippen LogP contribution is 2.11. The minimum atomic E-state index is -0.801. The number of rotatable bonds is 4. The molecular weight excluding hydrogens is 276 g/mol. The van der Waals surface area contributed by atoms with Crippen molar-refractivity contribution in [2.45, 2.75) is 67.2 Å². The third-order valence-electron chi connectivity index (χ3n) is 2.51. The number of carbonyl (C=O) groups is 1. The number of aromatic nitrogens is 2. The van der Waals surface area contributed by atoms with Crippen LogP contribution in [-0.4, -0.2) is 21.0 Å². The van der Waals surface area contributed by atoms with E-state index in [9.17, 15) is 4.79 Å². The third kappa shape index (κ3) is 9.97. The normalized spacial score (nSPS) is 8.64. The topological polar surface area (TPSA) is 66.0 Å². The van der Waals surface area contributed by atoms with Crippen molar-refractivity contribution >= 4 is 17.0 Å². The Balaban J connectivity index is 0. The van der Waals surface area contributed by atoms with Crippen molar-refractivity contribution in [2.24, 2.45) is 0 Å². The summed E-state index contributed by atoms with van der Waals surface area (Å²) in [6.45, 7) is 12.4. The molecular formula is C18H32N2O2. The fourth-order valence-corrected chi connectivity index (χ4v) is 1.35. The number of imidazole rings is 1. The van der Waals surface area contributed by atoms with Gasteiger partial charge < -0.3 is 10.1 Å². The molecule has 4 heteroatoms. The lowest BCUT2D eigenvalue weighted by molar-refractivity contribution is -0.137. The van der Waals surface area contributed by atoms with Crippen LogP contribution in [0.2, 0.25) is 0 Å². The molecule has 2 N–H and O–H groups in total. The molecule has 0 atom stereocenters. The molecule has 2 rings (SSSR count). The summed E-state index contributed by atoms with van der Waals surface area (Å²) in [5.74, 6) is -0.0703. The number of nitrogens with one attached hydrogen (secondary N) is 1. The van der Waals surface area contributed by atoms with Gasteiger partial charge in [0.05, 0.1) is 17.5 Å². The van der Waals surface area contributed by atoms with E-state index in [-0.39, 0.29) is 6.42 Å². The molecule has 0 aliphatic carbocycles. The van der Waals surface area contributed by atoms with Gasteiger partial charge >= 0.3 is 5.97 Å². The zero-order chi connectivity index (χ0) is 17.4. The molecule has 1 aromatic heterocycles. The van der Waals surface area contributed by atoms with E-state index in [1.807, 2.05) is 52.0 Å². The molecule has 0 saturated carbocycles. The molecule has 2 aromatic rings. The number of fused-ring (bicyclic) bond motifs is 1. The molecule has 1 heterocycles. The van der Waals surface area contributed by atoms with Gasteiger partial charge in [-0.25, -0.2) is 4.98 Å². The average Bonchev–Trinajstić information content (AvgIpc) is 3.00. The predicted molar refractivity (Wildman–Crippen MR) is 95.3 cm³/mol. The molecule has 0 aliphatic heterocycles. The minimum Gasteiger partial charge on any atom is -0.481 e. The first kappa shape index (κ1) is 22.4. The van der Waals surface area contributed by atoms with Crippen LogP contribution in [0.3, 0.4) is 0 Å². The number of hydrogen-bond acceptors (Lipinski definition) is 2. The molecule has 0 radical (unpaired) electrons. The standard InChI is InChI=1S/C10H10N2O2.C4H10.2C2H6/c13-10(14)6-5-9-11-7-3-1-2-4-8(7)12-9;1-3-4-2;2*1-2/h1-4H,5-6H2,(H,11,12)(H,13,14);3-4H2,1-2H3;2*1-2H3. The van der Waals surface area contributed by atoms with E-state index in [0.717, 1.165) is 16.9 Å². The number of carboxylic acids is 1. The van der Waals surface area contributed by atoms with Crippen molar-refractivity contribution in [3.8, 4) is 0 Å². The third-order valence-corrected chi connectivity index (χ3v) is 2.51. The van der Waals surface area contributed by atoms with Crippen LogP contribution >= 0.6 is 0 Å². The van der Waals surface area contributed by atoms with E-state index >= 15 is 0 Å². The molecule has 0 saturated heterocycles. The highest BCUT2D eigenvalue weighted by Gasteiger charge is 2.03. The van der Waals surface area contributed by atoms with Gasteiger partial charge in [0, 0.05) is 6.42 Å². The van der Waals surface area contributed by atoms with E-state index in [0.29, 0.717) is 6.42 Å². The lowest BCUT2D eigenvalue weighted by atomic mass is 10.3. The summed E-state index contributed by atoms with van der Waals surface area (Å²) in [6, 6.07) is 7.65. The maximum atomic E-state index is 10.3. The molecule has 0 fully saturated rings. The fourth-order valence-electron chi connectivity index (χ4n) is 1.35. The van der Waals surface area contributed by atoms with Gasteiger partial charge in [-0.15, -0.1) is 0 Å². The van der Waals surface area contributed by atoms with Gasteiger partial charge in [-0.3, -0.25) is 4.79 Å². The van der Waals surface area contributed by atoms with Crippen LogP contribution in [0.15, 0.2) is 24.3 Å². The monoisotopic (exact) mass is 308 g/mol. The van der Waals surface area contributed by atoms with Crippen molar-refractivity contribution in [1.29, 1.82) is 0 Å². The van der Waals surface area contributed by atoms with Gasteiger partial charge in [0.2, 0.25) is 0 Å². The molecule has 0 bridgehead atoms. The SMILES string of the molecule is CC.CC.CCCC.O=C(O)CCc1nc2ccccc2[nH]1. The summed E-state index contributed by atoms with van der Waals surface area (Å²) in [6.07, 6.45) is 3.20. The van der Waals surface area contributed by atoms with Crippen LogP contribution in [0.4, 0.5) is 0 Å². The summed E-state index contributed by atoms with van der Waals surface area (Å²) in [5.41, 5.74) is 1.83. The molecule has 0 unspecified atom stereocenters. The van der Waals surface area contributed by atoms with Gasteiger partial charge in [-0.1, -0.05) is 66.5 Å². The lowest BCUT2D eigenvalue weighted by Gasteiger charge is -1.89. The van der Waals surface area contributed by atoms with Gasteiger partial charge in [0.15, 0.2) is 0 Å². The van der Waals surface area contributed by atoms with E-state index in [1.54, 1.807) is 0 Å². The van der Waals surface area contributed by atoms with Gasteiger partial charge in [0.25, 0.3) is 0 Å². The first-order valence-electron chi connectivity index (χ1n) is 8.32. The summed E-state index contributed by atoms with van der Waals surface area (Å²) in [4.78, 5) is 17.7. The Morgan fingerprint density at radius 1 is 1.09 bits per heavy atom. The second-order valence-electron chi connectivity index (χ2n) is 4.09. The molecule has 4 nitrogen and oxygen atoms in total. The Labute approximate surface area is 135 Å². The number of nitrogens with zero attached hydrogens (tertiary/aromatic N) is 1. The largest absolute Gasteiger partial charge is 0.481 e. The minimum absolute atomic E-state index is 0.111. The van der Waals surface area contributed by atoms with Gasteiger partial charge in [0.1, 0.15) is 5.82 Å². The number of unbranched alkanes of at least 4 members (excludes halogenated alkanes) is 1. The Morgan fingerprint density at radius 3 is 2.09 bits per heavy atom. The van der Waals surface area contributed by atoms with Gasteiger partial charge in [-0.2, -0.15) is 0 Å². The highest BCUT2D eigenvalue weighted by atomic mass is 16.4. The summed E-state index contributed by atoms with van der Waals surface area (Å²) < 4.78 is 0. The van der Waals surface area contributed by atoms with Crippen molar-refractivity contribution in [3.63, 3.8) is 0 Å². The van der Waals surface area contributed by atoms with Crippen molar-refractivity contribution in [3.05, 3.63) is 30.1 Å². The number of H-pyrrole nitrogens is 1. The van der Waals surface area contributed by atoms with Gasteiger partial charge in [-0.05, 0) is 12.1 Å². The maximum Gasteiger partial charge on any atom is 0.303 e. The smallest absolute Gasteiger partial charge is 0.303 e. The van der Waals surface area contributed by atoms with Crippen molar-refractivity contribution in [1.82, 2.24) is 9.97 Å².